The van der Waals surface area contributed by atoms with Crippen molar-refractivity contribution >= 4 is 5.71 Å². The maximum atomic E-state index is 8.92. The van der Waals surface area contributed by atoms with Gasteiger partial charge in [-0.15, -0.1) is 0 Å². The molecular formula is C13H15NO3. The average Bonchev–Trinajstić information content (AvgIpc) is 2.97. The molecule has 1 atom stereocenters. The first-order chi connectivity index (χ1) is 8.38. The van der Waals surface area contributed by atoms with Crippen molar-refractivity contribution in [3.63, 3.8) is 0 Å². The molecule has 3 rings (SSSR count). The molecule has 1 aliphatic carbocycles. The summed E-state index contributed by atoms with van der Waals surface area (Å²) in [5, 5.41) is 12.3. The molecule has 1 fully saturated rings. The molecule has 1 saturated heterocycles. The Labute approximate surface area is 99.8 Å². The number of oxime groups is 1. The average molecular weight is 233 g/mol. The van der Waals surface area contributed by atoms with E-state index in [0.29, 0.717) is 6.61 Å². The lowest BCUT2D eigenvalue weighted by Crippen LogP contribution is -2.16. The molecule has 0 bridgehead atoms. The minimum atomic E-state index is 0.164. The first-order valence-corrected chi connectivity index (χ1v) is 5.96. The van der Waals surface area contributed by atoms with Crippen LogP contribution in [0.4, 0.5) is 0 Å². The molecule has 17 heavy (non-hydrogen) atoms. The van der Waals surface area contributed by atoms with Gasteiger partial charge in [0, 0.05) is 17.5 Å². The Balaban J connectivity index is 1.88. The van der Waals surface area contributed by atoms with Crippen molar-refractivity contribution in [3.05, 3.63) is 29.3 Å². The molecule has 1 aromatic rings. The van der Waals surface area contributed by atoms with Gasteiger partial charge in [0.2, 0.25) is 0 Å². The zero-order valence-corrected chi connectivity index (χ0v) is 9.56. The molecule has 2 aliphatic rings. The second-order valence-electron chi connectivity index (χ2n) is 4.43. The van der Waals surface area contributed by atoms with E-state index in [1.165, 1.54) is 0 Å². The third kappa shape index (κ3) is 1.89. The van der Waals surface area contributed by atoms with Gasteiger partial charge in [0.15, 0.2) is 0 Å². The van der Waals surface area contributed by atoms with Crippen LogP contribution in [0.2, 0.25) is 0 Å². The number of hydrogen-bond acceptors (Lipinski definition) is 4. The van der Waals surface area contributed by atoms with Crippen LogP contribution in [0.3, 0.4) is 0 Å². The topological polar surface area (TPSA) is 51.1 Å². The maximum Gasteiger partial charge on any atom is 0.124 e. The maximum absolute atomic E-state index is 8.92. The predicted octanol–water partition coefficient (Wildman–Crippen LogP) is 1.98. The van der Waals surface area contributed by atoms with Gasteiger partial charge < -0.3 is 14.7 Å². The van der Waals surface area contributed by atoms with Crippen LogP contribution in [0.1, 0.15) is 24.0 Å². The largest absolute Gasteiger partial charge is 0.488 e. The highest BCUT2D eigenvalue weighted by molar-refractivity contribution is 6.04. The van der Waals surface area contributed by atoms with Crippen LogP contribution in [-0.2, 0) is 11.2 Å². The van der Waals surface area contributed by atoms with E-state index in [2.05, 4.69) is 5.16 Å². The zero-order chi connectivity index (χ0) is 11.7. The predicted molar refractivity (Wildman–Crippen MR) is 62.9 cm³/mol. The minimum absolute atomic E-state index is 0.164. The van der Waals surface area contributed by atoms with Crippen LogP contribution in [-0.4, -0.2) is 30.2 Å². The lowest BCUT2D eigenvalue weighted by atomic mass is 10.1. The molecule has 1 aromatic carbocycles. The van der Waals surface area contributed by atoms with Crippen molar-refractivity contribution in [2.75, 3.05) is 13.2 Å². The molecule has 1 heterocycles. The summed E-state index contributed by atoms with van der Waals surface area (Å²) in [6.07, 6.45) is 2.79. The fourth-order valence-corrected chi connectivity index (χ4v) is 2.47. The molecule has 0 radical (unpaired) electrons. The van der Waals surface area contributed by atoms with Crippen LogP contribution in [0.15, 0.2) is 23.4 Å². The zero-order valence-electron chi connectivity index (χ0n) is 9.56. The highest BCUT2D eigenvalue weighted by atomic mass is 16.5. The van der Waals surface area contributed by atoms with Gasteiger partial charge in [0.05, 0.1) is 18.9 Å². The molecular weight excluding hydrogens is 218 g/mol. The molecule has 1 aliphatic heterocycles. The third-order valence-electron chi connectivity index (χ3n) is 3.36. The Hall–Kier alpha value is -1.55. The highest BCUT2D eigenvalue weighted by Gasteiger charge is 2.24. The van der Waals surface area contributed by atoms with Crippen molar-refractivity contribution in [1.82, 2.24) is 0 Å². The van der Waals surface area contributed by atoms with E-state index < -0.39 is 0 Å². The molecule has 1 unspecified atom stereocenters. The summed E-state index contributed by atoms with van der Waals surface area (Å²) in [6, 6.07) is 5.91. The van der Waals surface area contributed by atoms with Gasteiger partial charge in [-0.3, -0.25) is 0 Å². The summed E-state index contributed by atoms with van der Waals surface area (Å²) < 4.78 is 11.3. The van der Waals surface area contributed by atoms with E-state index in [4.69, 9.17) is 14.7 Å². The number of nitrogens with zero attached hydrogens (tertiary/aromatic N) is 1. The van der Waals surface area contributed by atoms with E-state index in [1.807, 2.05) is 18.2 Å². The smallest absolute Gasteiger partial charge is 0.124 e. The lowest BCUT2D eigenvalue weighted by molar-refractivity contribution is 0.140. The Morgan fingerprint density at radius 2 is 2.29 bits per heavy atom. The van der Waals surface area contributed by atoms with Gasteiger partial charge in [-0.25, -0.2) is 0 Å². The summed E-state index contributed by atoms with van der Waals surface area (Å²) >= 11 is 0. The standard InChI is InChI=1S/C13H15NO3/c15-14-12-5-4-11-10(12)2-1-3-13(11)17-9-6-7-16-8-9/h1-3,9,15H,4-8H2. The van der Waals surface area contributed by atoms with Crippen LogP contribution in [0, 0.1) is 0 Å². The summed E-state index contributed by atoms with van der Waals surface area (Å²) in [4.78, 5) is 0. The Kier molecular flexibility index (Phi) is 2.73. The van der Waals surface area contributed by atoms with Crippen molar-refractivity contribution in [2.45, 2.75) is 25.4 Å². The molecule has 0 aromatic heterocycles. The molecule has 4 heteroatoms. The molecule has 4 nitrogen and oxygen atoms in total. The van der Waals surface area contributed by atoms with Crippen molar-refractivity contribution in [3.8, 4) is 5.75 Å². The first kappa shape index (κ1) is 10.6. The molecule has 90 valence electrons. The molecule has 0 saturated carbocycles. The molecule has 0 spiro atoms. The fourth-order valence-electron chi connectivity index (χ4n) is 2.47. The van der Waals surface area contributed by atoms with Gasteiger partial charge in [-0.05, 0) is 18.9 Å². The second kappa shape index (κ2) is 4.37. The monoisotopic (exact) mass is 233 g/mol. The minimum Gasteiger partial charge on any atom is -0.488 e. The number of benzene rings is 1. The van der Waals surface area contributed by atoms with Gasteiger partial charge in [0.1, 0.15) is 11.9 Å². The summed E-state index contributed by atoms with van der Waals surface area (Å²) in [5.74, 6) is 0.914. The third-order valence-corrected chi connectivity index (χ3v) is 3.36. The van der Waals surface area contributed by atoms with Crippen molar-refractivity contribution in [2.24, 2.45) is 5.16 Å². The number of rotatable bonds is 2. The fraction of sp³-hybridized carbons (Fsp3) is 0.462. The Morgan fingerprint density at radius 3 is 3.06 bits per heavy atom. The van der Waals surface area contributed by atoms with Gasteiger partial charge >= 0.3 is 0 Å². The van der Waals surface area contributed by atoms with Gasteiger partial charge in [-0.1, -0.05) is 17.3 Å². The Morgan fingerprint density at radius 1 is 1.35 bits per heavy atom. The lowest BCUT2D eigenvalue weighted by Gasteiger charge is -2.14. The van der Waals surface area contributed by atoms with E-state index in [9.17, 15) is 0 Å². The first-order valence-electron chi connectivity index (χ1n) is 5.96. The van der Waals surface area contributed by atoms with Crippen molar-refractivity contribution in [1.29, 1.82) is 0 Å². The Bertz CT molecular complexity index is 450. The van der Waals surface area contributed by atoms with Crippen LogP contribution < -0.4 is 4.74 Å². The number of fused-ring (bicyclic) bond motifs is 1. The summed E-state index contributed by atoms with van der Waals surface area (Å²) in [5.41, 5.74) is 2.93. The van der Waals surface area contributed by atoms with E-state index in [1.54, 1.807) is 0 Å². The normalized spacial score (nSPS) is 25.2. The van der Waals surface area contributed by atoms with E-state index in [-0.39, 0.29) is 6.10 Å². The second-order valence-corrected chi connectivity index (χ2v) is 4.43. The summed E-state index contributed by atoms with van der Waals surface area (Å²) in [7, 11) is 0. The van der Waals surface area contributed by atoms with E-state index in [0.717, 1.165) is 48.5 Å². The van der Waals surface area contributed by atoms with Gasteiger partial charge in [0.25, 0.3) is 0 Å². The number of hydrogen-bond donors (Lipinski definition) is 1. The highest BCUT2D eigenvalue weighted by Crippen LogP contribution is 2.32. The van der Waals surface area contributed by atoms with Crippen LogP contribution in [0.5, 0.6) is 5.75 Å². The molecule has 0 amide bonds. The van der Waals surface area contributed by atoms with Gasteiger partial charge in [-0.2, -0.15) is 0 Å². The van der Waals surface area contributed by atoms with Crippen LogP contribution >= 0.6 is 0 Å². The molecule has 1 N–H and O–H groups in total. The van der Waals surface area contributed by atoms with Crippen LogP contribution in [0.25, 0.3) is 0 Å². The summed E-state index contributed by atoms with van der Waals surface area (Å²) in [6.45, 7) is 1.45. The van der Waals surface area contributed by atoms with E-state index >= 15 is 0 Å². The number of ether oxygens (including phenoxy) is 2. The van der Waals surface area contributed by atoms with Crippen molar-refractivity contribution < 1.29 is 14.7 Å². The SMILES string of the molecule is ON=C1CCc2c(OC3CCOC3)cccc21. The quantitative estimate of drug-likeness (QED) is 0.627.